The monoisotopic (exact) mass is 1450 g/mol. The molecule has 2 aliphatic rings. The van der Waals surface area contributed by atoms with E-state index in [4.69, 9.17) is 49.9 Å². The minimum atomic E-state index is -1.22. The molecule has 0 atom stereocenters. The van der Waals surface area contributed by atoms with E-state index in [0.29, 0.717) is 71.5 Å². The summed E-state index contributed by atoms with van der Waals surface area (Å²) in [6, 6.07) is 19.7. The number of amides is 1. The van der Waals surface area contributed by atoms with Crippen LogP contribution in [0.25, 0.3) is 25.9 Å². The average Bonchev–Trinajstić information content (AvgIpc) is 0.794. The summed E-state index contributed by atoms with van der Waals surface area (Å²) in [7, 11) is 0. The molecule has 504 valence electrons. The third-order valence-corrected chi connectivity index (χ3v) is 14.3. The molecule has 9 N–H and O–H groups in total. The number of halogens is 8. The number of ether oxygens (including phenoxy) is 5. The number of nitrogens with zero attached hydrogens (tertiary/aromatic N) is 1. The summed E-state index contributed by atoms with van der Waals surface area (Å²) in [6.07, 6.45) is 8.41. The molecule has 2 aromatic heterocycles. The summed E-state index contributed by atoms with van der Waals surface area (Å²) in [5.74, 6) is -1.94. The Morgan fingerprint density at radius 3 is 1.58 bits per heavy atom. The van der Waals surface area contributed by atoms with Gasteiger partial charge >= 0.3 is 57.4 Å². The van der Waals surface area contributed by atoms with Crippen LogP contribution in [0.1, 0.15) is 91.9 Å². The van der Waals surface area contributed by atoms with E-state index in [0.717, 1.165) is 42.5 Å². The van der Waals surface area contributed by atoms with Crippen molar-refractivity contribution in [3.8, 4) is 23.0 Å². The van der Waals surface area contributed by atoms with Crippen molar-refractivity contribution in [2.45, 2.75) is 80.1 Å². The normalized spacial score (nSPS) is 11.9. The number of benzene rings is 5. The molecule has 0 saturated heterocycles. The number of aryl methyl sites for hydroxylation is 2. The predicted molar refractivity (Wildman–Crippen MR) is 359 cm³/mol. The van der Waals surface area contributed by atoms with Crippen LogP contribution in [0.2, 0.25) is 0 Å². The Kier molecular flexibility index (Phi) is 43.3. The van der Waals surface area contributed by atoms with Crippen molar-refractivity contribution in [1.29, 1.82) is 0 Å². The molecule has 0 radical (unpaired) electrons. The van der Waals surface area contributed by atoms with Gasteiger partial charge in [-0.25, -0.2) is 26.7 Å². The first kappa shape index (κ1) is 82.6. The topological polar surface area (TPSA) is 282 Å². The molecule has 0 spiro atoms. The zero-order valence-corrected chi connectivity index (χ0v) is 59.2. The van der Waals surface area contributed by atoms with Gasteiger partial charge in [-0.15, -0.1) is 0 Å². The Hall–Kier alpha value is -5.50. The van der Waals surface area contributed by atoms with Gasteiger partial charge in [-0.05, 0) is 205 Å². The third kappa shape index (κ3) is 32.6. The molecule has 9 rings (SSSR count). The number of fused-ring (bicyclic) bond motifs is 2. The number of hydrogen-bond acceptors (Lipinski definition) is 15. The maximum atomic E-state index is 13.5. The molecule has 18 nitrogen and oxygen atoms in total. The number of nitrogen functional groups attached to an aromatic ring is 2. The van der Waals surface area contributed by atoms with Gasteiger partial charge in [0.05, 0.1) is 36.4 Å². The number of aromatic amines is 2. The van der Waals surface area contributed by atoms with E-state index in [1.807, 2.05) is 6.92 Å². The van der Waals surface area contributed by atoms with Crippen molar-refractivity contribution in [3.63, 3.8) is 0 Å². The van der Waals surface area contributed by atoms with E-state index < -0.39 is 28.4 Å². The average molecular weight is 1450 g/mol. The number of carboxylic acids is 1. The van der Waals surface area contributed by atoms with Crippen LogP contribution in [0.5, 0.6) is 23.0 Å². The Bertz CT molecular complexity index is 3540. The molecular formula is C63H81BrClF6KN6O12S2. The first-order chi connectivity index (χ1) is 43.9. The molecule has 92 heavy (non-hydrogen) atoms. The second kappa shape index (κ2) is 48.2. The molecule has 7 aromatic rings. The number of pyridine rings is 2. The second-order valence-corrected chi connectivity index (χ2v) is 21.2. The van der Waals surface area contributed by atoms with Crippen LogP contribution in [-0.2, 0) is 19.1 Å². The van der Waals surface area contributed by atoms with Crippen LogP contribution in [-0.4, -0.2) is 101 Å². The zero-order valence-electron chi connectivity index (χ0n) is 54.1. The number of carbonyl (C=O) groups excluding carboxylic acids is 2. The van der Waals surface area contributed by atoms with Gasteiger partial charge in [-0.3, -0.25) is 47.8 Å². The van der Waals surface area contributed by atoms with Gasteiger partial charge in [0, 0.05) is 50.5 Å². The van der Waals surface area contributed by atoms with E-state index in [-0.39, 0.29) is 153 Å². The quantitative estimate of drug-likeness (QED) is 0.00800. The van der Waals surface area contributed by atoms with Crippen molar-refractivity contribution in [2.75, 3.05) is 80.8 Å². The van der Waals surface area contributed by atoms with Crippen molar-refractivity contribution in [1.82, 2.24) is 9.97 Å². The first-order valence-electron chi connectivity index (χ1n) is 29.4. The van der Waals surface area contributed by atoms with E-state index in [1.165, 1.54) is 122 Å². The number of hydrogen-bond donors (Lipinski definition) is 7. The molecule has 2 saturated carbocycles. The van der Waals surface area contributed by atoms with E-state index in [1.54, 1.807) is 40.7 Å². The van der Waals surface area contributed by atoms with Crippen LogP contribution in [0.3, 0.4) is 0 Å². The smallest absolute Gasteiger partial charge is 0.551 e. The fourth-order valence-corrected chi connectivity index (χ4v) is 8.40. The molecule has 0 unspecified atom stereocenters. The van der Waals surface area contributed by atoms with Crippen molar-refractivity contribution < 1.29 is 130 Å². The minimum absolute atomic E-state index is 0. The number of H-pyrrole nitrogens is 2. The summed E-state index contributed by atoms with van der Waals surface area (Å²) in [6.45, 7) is 12.8. The van der Waals surface area contributed by atoms with Crippen LogP contribution in [0.15, 0.2) is 101 Å². The summed E-state index contributed by atoms with van der Waals surface area (Å²) in [5.41, 5.74) is 13.3. The number of nitrogens with two attached hydrogens (primary N) is 2. The molecule has 1 amide bonds. The largest absolute Gasteiger partial charge is 1.00 e. The van der Waals surface area contributed by atoms with E-state index in [2.05, 4.69) is 40.1 Å². The van der Waals surface area contributed by atoms with Gasteiger partial charge < -0.3 is 64.8 Å². The Labute approximate surface area is 600 Å². The number of carboxylic acid groups (broad SMARTS) is 1. The summed E-state index contributed by atoms with van der Waals surface area (Å²) < 4.78 is 107. The fourth-order valence-electron chi connectivity index (χ4n) is 7.37. The van der Waals surface area contributed by atoms with Gasteiger partial charge in [-0.2, -0.15) is 0 Å². The standard InChI is InChI=1S/C16H18FNO3.C11H10FNO3.C11H14FNO2.C7H6FNO2.C7H8FN.C5H9Br.C4H7ClO2.C2H6NS2.FH.K.H2/c1-2-20-15-14(21-9-10-4-3-5-10)12-8-11(17)6-7-13(12)18-16(15)19;1-2-16-10-9(14)7-5-6(12)3-4-8(7)13-11(10)15;1-3-15-7-11(14)13-10-5-4-9(12)6-8(10)2;8-4-1-2-6(9)5(3-4)7(10)11;1-5-4-6(8)2-3-7(5)9;6-4-5-2-1-3-5;1-2-7-3-4(5)6;1-4-3-5-2;;;/h6-8,10H,2-5,9H2,1H3,(H,18,19);3-5H,2H2,1H3,(H2,13,14,15);4-6H,3,7H2,1-2H3,(H,13,14);1-3H,9H2,(H,10,11);2-4H,9H2,1H3;5H,1-4H2;2-3H2,1H3;1-2H3;1H;;1H/q;;;;;;;-1;;+1;/i;;;;;;;1T,2T;;;1+2. The van der Waals surface area contributed by atoms with Crippen LogP contribution >= 0.6 is 51.4 Å². The maximum absolute atomic E-state index is 13.5. The van der Waals surface area contributed by atoms with E-state index >= 15 is 0 Å². The molecule has 0 bridgehead atoms. The number of aromatic hydroxyl groups is 1. The molecule has 2 aliphatic carbocycles. The van der Waals surface area contributed by atoms with Gasteiger partial charge in [0.15, 0.2) is 11.5 Å². The summed E-state index contributed by atoms with van der Waals surface area (Å²) >= 11 is 10.7. The van der Waals surface area contributed by atoms with Gasteiger partial charge in [0.2, 0.25) is 22.6 Å². The molecule has 0 aliphatic heterocycles. The fraction of sp³-hybridized carbons (Fsp3) is 0.381. The minimum Gasteiger partial charge on any atom is -0.551 e. The number of alkyl halides is 1. The predicted octanol–water partition coefficient (Wildman–Crippen LogP) is 12.2. The molecular weight excluding hydrogens is 1370 g/mol. The number of nitrogens with one attached hydrogen (secondary N) is 3. The number of aromatic carboxylic acids is 1. The second-order valence-electron chi connectivity index (χ2n) is 19.1. The van der Waals surface area contributed by atoms with Gasteiger partial charge in [0.1, 0.15) is 42.3 Å². The number of anilines is 3. The molecule has 2 heterocycles. The van der Waals surface area contributed by atoms with Crippen molar-refractivity contribution in [3.05, 3.63) is 162 Å². The molecule has 2 fully saturated rings. The Morgan fingerprint density at radius 2 is 1.14 bits per heavy atom. The van der Waals surface area contributed by atoms with E-state index in [9.17, 15) is 51.0 Å². The van der Waals surface area contributed by atoms with Crippen LogP contribution in [0.4, 0.5) is 43.7 Å². The summed E-state index contributed by atoms with van der Waals surface area (Å²) in [5, 5.41) is 22.4. The zero-order chi connectivity index (χ0) is 68.7. The molecule has 5 aromatic carbocycles. The van der Waals surface area contributed by atoms with Gasteiger partial charge in [-0.1, -0.05) is 28.8 Å². The number of aromatic nitrogens is 2. The molecule has 29 heteroatoms. The number of carbonyl (C=O) groups is 3. The Morgan fingerprint density at radius 1 is 0.674 bits per heavy atom. The SMILES string of the molecule is BrCC1CCC1.CCOCC(=O)Cl.CCOCC(=O)Nc1ccc(F)cc1C.CCOc1c(O)c2cc(F)ccc2[nH]c1=O.CCOc1c(OCC2CCC2)c2cc(F)ccc2[nH]c1=O.Cc1cc(F)ccc1N.F.Nc1ccc(F)cc1C(=O)O.[3HH].[3H]CS[N-]SC[3H].[K+]. The number of rotatable bonds is 18. The van der Waals surface area contributed by atoms with Crippen LogP contribution in [0, 0.1) is 54.8 Å². The van der Waals surface area contributed by atoms with Crippen molar-refractivity contribution in [2.24, 2.45) is 11.8 Å². The maximum Gasteiger partial charge on any atom is 1.00 e. The third-order valence-electron chi connectivity index (χ3n) is 12.4. The van der Waals surface area contributed by atoms with Crippen molar-refractivity contribution >= 4 is 107 Å². The van der Waals surface area contributed by atoms with Gasteiger partial charge in [0.25, 0.3) is 11.1 Å². The summed E-state index contributed by atoms with van der Waals surface area (Å²) in [4.78, 5) is 60.2. The first-order valence-corrected chi connectivity index (χ1v) is 31.3. The Balaban J connectivity index is 0. The van der Waals surface area contributed by atoms with Crippen LogP contribution < -0.4 is 93.5 Å².